The van der Waals surface area contributed by atoms with Crippen molar-refractivity contribution in [3.8, 4) is 0 Å². The molecule has 2 heterocycles. The number of hydrogen-bond donors (Lipinski definition) is 2. The first kappa shape index (κ1) is 13.8. The molecule has 0 saturated carbocycles. The van der Waals surface area contributed by atoms with Crippen LogP contribution in [0.2, 0.25) is 0 Å². The van der Waals surface area contributed by atoms with E-state index in [1.54, 1.807) is 6.33 Å². The van der Waals surface area contributed by atoms with Crippen LogP contribution in [-0.4, -0.2) is 25.2 Å². The third kappa shape index (κ3) is 2.14. The second-order valence-electron chi connectivity index (χ2n) is 5.94. The van der Waals surface area contributed by atoms with Crippen LogP contribution in [0.25, 0.3) is 21.9 Å². The number of fused-ring (bicyclic) bond motifs is 3. The Kier molecular flexibility index (Phi) is 3.10. The van der Waals surface area contributed by atoms with Crippen LogP contribution in [0.1, 0.15) is 33.2 Å². The second-order valence-corrected chi connectivity index (χ2v) is 5.94. The van der Waals surface area contributed by atoms with Gasteiger partial charge in [0, 0.05) is 5.39 Å². The number of anilines is 1. The molecule has 5 heteroatoms. The van der Waals surface area contributed by atoms with Gasteiger partial charge in [-0.1, -0.05) is 25.1 Å². The van der Waals surface area contributed by atoms with Crippen LogP contribution in [0.3, 0.4) is 0 Å². The smallest absolute Gasteiger partial charge is 0.152 e. The maximum Gasteiger partial charge on any atom is 0.152 e. The molecule has 1 aromatic carbocycles. The quantitative estimate of drug-likeness (QED) is 0.775. The van der Waals surface area contributed by atoms with E-state index >= 15 is 0 Å². The van der Waals surface area contributed by atoms with Gasteiger partial charge >= 0.3 is 0 Å². The van der Waals surface area contributed by atoms with E-state index in [-0.39, 0.29) is 6.04 Å². The van der Waals surface area contributed by atoms with Gasteiger partial charge < -0.3 is 15.4 Å². The van der Waals surface area contributed by atoms with Gasteiger partial charge in [0.2, 0.25) is 0 Å². The number of nitrogen functional groups attached to an aromatic ring is 1. The van der Waals surface area contributed by atoms with Crippen LogP contribution >= 0.6 is 0 Å². The van der Waals surface area contributed by atoms with Gasteiger partial charge in [-0.25, -0.2) is 9.97 Å². The third-order valence-electron chi connectivity index (χ3n) is 3.97. The summed E-state index contributed by atoms with van der Waals surface area (Å²) in [7, 11) is 0. The maximum atomic E-state index is 10.5. The molecule has 0 spiro atoms. The zero-order valence-corrected chi connectivity index (χ0v) is 12.5. The van der Waals surface area contributed by atoms with Crippen molar-refractivity contribution in [1.82, 2.24) is 14.5 Å². The van der Waals surface area contributed by atoms with Gasteiger partial charge in [0.15, 0.2) is 5.82 Å². The van der Waals surface area contributed by atoms with E-state index < -0.39 is 5.60 Å². The van der Waals surface area contributed by atoms with Gasteiger partial charge in [-0.3, -0.25) is 0 Å². The Morgan fingerprint density at radius 2 is 2.05 bits per heavy atom. The Hall–Kier alpha value is -2.14. The Labute approximate surface area is 123 Å². The molecule has 0 amide bonds. The van der Waals surface area contributed by atoms with Crippen molar-refractivity contribution in [2.45, 2.75) is 38.8 Å². The Morgan fingerprint density at radius 3 is 2.71 bits per heavy atom. The van der Waals surface area contributed by atoms with Gasteiger partial charge in [-0.2, -0.15) is 0 Å². The lowest BCUT2D eigenvalue weighted by molar-refractivity contribution is 0.0229. The van der Waals surface area contributed by atoms with Gasteiger partial charge in [-0.15, -0.1) is 0 Å². The SMILES string of the molecule is CC[C@@H](n1cnc2c(N)nc3ccccc3c21)C(C)(C)O. The Balaban J connectivity index is 2.39. The van der Waals surface area contributed by atoms with Crippen molar-refractivity contribution in [3.05, 3.63) is 30.6 Å². The molecule has 110 valence electrons. The van der Waals surface area contributed by atoms with Crippen molar-refractivity contribution in [1.29, 1.82) is 0 Å². The highest BCUT2D eigenvalue weighted by Gasteiger charge is 2.28. The zero-order valence-electron chi connectivity index (χ0n) is 12.5. The zero-order chi connectivity index (χ0) is 15.2. The Bertz CT molecular complexity index is 801. The van der Waals surface area contributed by atoms with E-state index in [0.717, 1.165) is 22.8 Å². The number of aromatic nitrogens is 3. The summed E-state index contributed by atoms with van der Waals surface area (Å²) in [5.74, 6) is 0.424. The van der Waals surface area contributed by atoms with Crippen LogP contribution in [0, 0.1) is 0 Å². The fraction of sp³-hybridized carbons (Fsp3) is 0.375. The first-order valence-corrected chi connectivity index (χ1v) is 7.16. The van der Waals surface area contributed by atoms with Crippen LogP contribution in [0.5, 0.6) is 0 Å². The molecule has 0 aliphatic carbocycles. The largest absolute Gasteiger partial charge is 0.388 e. The summed E-state index contributed by atoms with van der Waals surface area (Å²) in [6, 6.07) is 7.79. The molecule has 0 unspecified atom stereocenters. The minimum absolute atomic E-state index is 0.0762. The lowest BCUT2D eigenvalue weighted by Crippen LogP contribution is -2.32. The van der Waals surface area contributed by atoms with E-state index in [4.69, 9.17) is 5.73 Å². The summed E-state index contributed by atoms with van der Waals surface area (Å²) in [5.41, 5.74) is 7.66. The number of rotatable bonds is 3. The van der Waals surface area contributed by atoms with Crippen LogP contribution in [-0.2, 0) is 0 Å². The molecule has 0 bridgehead atoms. The van der Waals surface area contributed by atoms with Gasteiger partial charge in [0.05, 0.1) is 29.0 Å². The monoisotopic (exact) mass is 284 g/mol. The summed E-state index contributed by atoms with van der Waals surface area (Å²) in [6.45, 7) is 5.70. The van der Waals surface area contributed by atoms with E-state index in [1.807, 2.05) is 42.7 Å². The number of aliphatic hydroxyl groups is 1. The summed E-state index contributed by atoms with van der Waals surface area (Å²) >= 11 is 0. The number of pyridine rings is 1. The molecule has 0 radical (unpaired) electrons. The molecule has 0 aliphatic rings. The summed E-state index contributed by atoms with van der Waals surface area (Å²) < 4.78 is 2.02. The van der Waals surface area contributed by atoms with Crippen molar-refractivity contribution < 1.29 is 5.11 Å². The Morgan fingerprint density at radius 1 is 1.33 bits per heavy atom. The van der Waals surface area contributed by atoms with E-state index in [9.17, 15) is 5.11 Å². The highest BCUT2D eigenvalue weighted by atomic mass is 16.3. The van der Waals surface area contributed by atoms with Crippen molar-refractivity contribution in [2.24, 2.45) is 0 Å². The van der Waals surface area contributed by atoms with Crippen LogP contribution in [0.4, 0.5) is 5.82 Å². The molecule has 3 aromatic rings. The average molecular weight is 284 g/mol. The number of nitrogens with two attached hydrogens (primary N) is 1. The minimum Gasteiger partial charge on any atom is -0.388 e. The molecule has 3 rings (SSSR count). The topological polar surface area (TPSA) is 77.0 Å². The summed E-state index contributed by atoms with van der Waals surface area (Å²) in [6.07, 6.45) is 2.55. The fourth-order valence-corrected chi connectivity index (χ4v) is 3.04. The number of imidazole rings is 1. The molecule has 5 nitrogen and oxygen atoms in total. The predicted octanol–water partition coefficient (Wildman–Crippen LogP) is 2.89. The van der Waals surface area contributed by atoms with Crippen molar-refractivity contribution >= 4 is 27.8 Å². The summed E-state index contributed by atoms with van der Waals surface area (Å²) in [4.78, 5) is 8.82. The van der Waals surface area contributed by atoms with Gasteiger partial charge in [0.1, 0.15) is 5.52 Å². The van der Waals surface area contributed by atoms with E-state index in [1.165, 1.54) is 0 Å². The van der Waals surface area contributed by atoms with Gasteiger partial charge in [-0.05, 0) is 26.3 Å². The molecular formula is C16H20N4O. The average Bonchev–Trinajstić information content (AvgIpc) is 2.84. The molecule has 1 atom stereocenters. The van der Waals surface area contributed by atoms with Crippen molar-refractivity contribution in [3.63, 3.8) is 0 Å². The number of benzene rings is 1. The lowest BCUT2D eigenvalue weighted by atomic mass is 9.96. The third-order valence-corrected chi connectivity index (χ3v) is 3.97. The standard InChI is InChI=1S/C16H20N4O/c1-4-12(16(2,3)21)20-9-18-13-14(20)10-7-5-6-8-11(10)19-15(13)17/h5-9,12,21H,4H2,1-3H3,(H2,17,19)/t12-/m1/s1. The number of nitrogens with zero attached hydrogens (tertiary/aromatic N) is 3. The molecule has 2 aromatic heterocycles. The fourth-order valence-electron chi connectivity index (χ4n) is 3.04. The molecule has 0 aliphatic heterocycles. The van der Waals surface area contributed by atoms with Crippen LogP contribution in [0.15, 0.2) is 30.6 Å². The molecule has 3 N–H and O–H groups in total. The number of para-hydroxylation sites is 1. The van der Waals surface area contributed by atoms with Crippen molar-refractivity contribution in [2.75, 3.05) is 5.73 Å². The highest BCUT2D eigenvalue weighted by Crippen LogP contribution is 2.33. The number of hydrogen-bond acceptors (Lipinski definition) is 4. The van der Waals surface area contributed by atoms with E-state index in [0.29, 0.717) is 11.3 Å². The first-order chi connectivity index (χ1) is 9.93. The minimum atomic E-state index is -0.846. The molecule has 21 heavy (non-hydrogen) atoms. The van der Waals surface area contributed by atoms with E-state index in [2.05, 4.69) is 16.9 Å². The highest BCUT2D eigenvalue weighted by molar-refractivity contribution is 6.06. The van der Waals surface area contributed by atoms with Gasteiger partial charge in [0.25, 0.3) is 0 Å². The predicted molar refractivity (Wildman–Crippen MR) is 85.1 cm³/mol. The van der Waals surface area contributed by atoms with Crippen LogP contribution < -0.4 is 5.73 Å². The summed E-state index contributed by atoms with van der Waals surface area (Å²) in [5, 5.41) is 11.5. The first-order valence-electron chi connectivity index (χ1n) is 7.16. The molecule has 0 fully saturated rings. The molecular weight excluding hydrogens is 264 g/mol. The molecule has 0 saturated heterocycles. The lowest BCUT2D eigenvalue weighted by Gasteiger charge is -2.30. The second kappa shape index (κ2) is 4.70. The maximum absolute atomic E-state index is 10.5. The normalized spacial score (nSPS) is 13.9.